The van der Waals surface area contributed by atoms with Crippen LogP contribution < -0.4 is 0 Å². The molecule has 1 aliphatic rings. The fourth-order valence-corrected chi connectivity index (χ4v) is 1.70. The average Bonchev–Trinajstić information content (AvgIpc) is 2.04. The summed E-state index contributed by atoms with van der Waals surface area (Å²) in [7, 11) is 0. The molecule has 1 heterocycles. The van der Waals surface area contributed by atoms with Gasteiger partial charge in [-0.25, -0.2) is 0 Å². The molecular formula is C10H17N. The van der Waals surface area contributed by atoms with Crippen LogP contribution in [0.5, 0.6) is 0 Å². The molecule has 0 radical (unpaired) electrons. The molecule has 0 amide bonds. The van der Waals surface area contributed by atoms with Crippen molar-refractivity contribution in [3.63, 3.8) is 0 Å². The van der Waals surface area contributed by atoms with Crippen LogP contribution in [-0.4, -0.2) is 17.5 Å². The highest BCUT2D eigenvalue weighted by molar-refractivity contribution is 5.05. The summed E-state index contributed by atoms with van der Waals surface area (Å²) in [6.07, 6.45) is 5.83. The normalized spacial score (nSPS) is 24.8. The molecule has 0 saturated carbocycles. The Hall–Kier alpha value is -0.720. The van der Waals surface area contributed by atoms with Gasteiger partial charge in [-0.2, -0.15) is 0 Å². The van der Waals surface area contributed by atoms with Crippen LogP contribution in [0, 0.1) is 0 Å². The smallest absolute Gasteiger partial charge is 0.0491 e. The second-order valence-corrected chi connectivity index (χ2v) is 3.28. The molecule has 0 N–H and O–H groups in total. The zero-order chi connectivity index (χ0) is 8.27. The number of hydrogen-bond donors (Lipinski definition) is 0. The van der Waals surface area contributed by atoms with Crippen LogP contribution in [-0.2, 0) is 0 Å². The van der Waals surface area contributed by atoms with Gasteiger partial charge in [0.15, 0.2) is 0 Å². The Kier molecular flexibility index (Phi) is 2.75. The topological polar surface area (TPSA) is 3.24 Å². The molecule has 1 saturated heterocycles. The molecule has 0 aliphatic carbocycles. The lowest BCUT2D eigenvalue weighted by molar-refractivity contribution is 0.243. The van der Waals surface area contributed by atoms with Crippen molar-refractivity contribution in [2.45, 2.75) is 32.2 Å². The lowest BCUT2D eigenvalue weighted by Gasteiger charge is -2.35. The first-order valence-corrected chi connectivity index (χ1v) is 4.29. The molecular weight excluding hydrogens is 134 g/mol. The van der Waals surface area contributed by atoms with E-state index in [1.807, 2.05) is 6.20 Å². The predicted octanol–water partition coefficient (Wildman–Crippen LogP) is 2.56. The maximum Gasteiger partial charge on any atom is 0.0491 e. The van der Waals surface area contributed by atoms with Crippen molar-refractivity contribution in [2.75, 3.05) is 6.54 Å². The Morgan fingerprint density at radius 3 is 2.73 bits per heavy atom. The van der Waals surface area contributed by atoms with Crippen molar-refractivity contribution in [2.24, 2.45) is 0 Å². The first-order chi connectivity index (χ1) is 5.25. The highest BCUT2D eigenvalue weighted by atomic mass is 15.1. The van der Waals surface area contributed by atoms with Crippen LogP contribution >= 0.6 is 0 Å². The van der Waals surface area contributed by atoms with E-state index in [9.17, 15) is 0 Å². The minimum atomic E-state index is 0.557. The van der Waals surface area contributed by atoms with Crippen molar-refractivity contribution < 1.29 is 0 Å². The van der Waals surface area contributed by atoms with Crippen molar-refractivity contribution in [1.82, 2.24) is 4.90 Å². The Morgan fingerprint density at radius 1 is 1.55 bits per heavy atom. The molecule has 1 aliphatic heterocycles. The van der Waals surface area contributed by atoms with Crippen molar-refractivity contribution in [3.8, 4) is 0 Å². The van der Waals surface area contributed by atoms with Crippen LogP contribution in [0.1, 0.15) is 26.2 Å². The highest BCUT2D eigenvalue weighted by Crippen LogP contribution is 2.21. The summed E-state index contributed by atoms with van der Waals surface area (Å²) in [5.41, 5.74) is 1.27. The molecule has 0 aromatic heterocycles. The number of piperidine rings is 1. The second kappa shape index (κ2) is 3.61. The summed E-state index contributed by atoms with van der Waals surface area (Å²) in [6.45, 7) is 11.0. The van der Waals surface area contributed by atoms with E-state index >= 15 is 0 Å². The van der Waals surface area contributed by atoms with Crippen LogP contribution in [0.3, 0.4) is 0 Å². The van der Waals surface area contributed by atoms with Gasteiger partial charge in [0, 0.05) is 12.6 Å². The van der Waals surface area contributed by atoms with E-state index in [2.05, 4.69) is 25.0 Å². The van der Waals surface area contributed by atoms with Crippen LogP contribution in [0.25, 0.3) is 0 Å². The van der Waals surface area contributed by atoms with E-state index in [-0.39, 0.29) is 0 Å². The number of nitrogens with zero attached hydrogens (tertiary/aromatic N) is 1. The maximum absolute atomic E-state index is 3.99. The Labute approximate surface area is 69.4 Å². The van der Waals surface area contributed by atoms with Gasteiger partial charge in [-0.1, -0.05) is 18.7 Å². The monoisotopic (exact) mass is 151 g/mol. The third-order valence-corrected chi connectivity index (χ3v) is 2.35. The van der Waals surface area contributed by atoms with Gasteiger partial charge in [-0.15, -0.1) is 0 Å². The molecule has 1 atom stereocenters. The molecule has 0 spiro atoms. The predicted molar refractivity (Wildman–Crippen MR) is 49.4 cm³/mol. The summed E-state index contributed by atoms with van der Waals surface area (Å²) in [5, 5.41) is 0. The largest absolute Gasteiger partial charge is 0.371 e. The first kappa shape index (κ1) is 8.38. The fourth-order valence-electron chi connectivity index (χ4n) is 1.70. The molecule has 1 heteroatoms. The molecule has 11 heavy (non-hydrogen) atoms. The van der Waals surface area contributed by atoms with Crippen LogP contribution in [0.4, 0.5) is 0 Å². The van der Waals surface area contributed by atoms with Gasteiger partial charge in [-0.3, -0.25) is 0 Å². The van der Waals surface area contributed by atoms with Gasteiger partial charge in [0.05, 0.1) is 0 Å². The summed E-state index contributed by atoms with van der Waals surface area (Å²) < 4.78 is 0. The lowest BCUT2D eigenvalue weighted by atomic mass is 9.98. The molecule has 0 bridgehead atoms. The van der Waals surface area contributed by atoms with Crippen molar-refractivity contribution in [1.29, 1.82) is 0 Å². The first-order valence-electron chi connectivity index (χ1n) is 4.29. The molecule has 62 valence electrons. The lowest BCUT2D eigenvalue weighted by Crippen LogP contribution is -2.35. The quantitative estimate of drug-likeness (QED) is 0.548. The van der Waals surface area contributed by atoms with Gasteiger partial charge in [0.2, 0.25) is 0 Å². The van der Waals surface area contributed by atoms with Crippen molar-refractivity contribution in [3.05, 3.63) is 24.9 Å². The zero-order valence-electron chi connectivity index (χ0n) is 7.34. The Balaban J connectivity index is 2.58. The summed E-state index contributed by atoms with van der Waals surface area (Å²) in [4.78, 5) is 2.30. The Bertz CT molecular complexity index is 160. The zero-order valence-corrected chi connectivity index (χ0v) is 7.34. The molecule has 0 aromatic carbocycles. The summed E-state index contributed by atoms with van der Waals surface area (Å²) in [5.74, 6) is 0. The standard InChI is InChI=1S/C10H17N/c1-4-11-8-6-5-7-10(11)9(2)3/h4,10H,1-2,5-8H2,3H3. The minimum absolute atomic E-state index is 0.557. The SMILES string of the molecule is C=CN1CCCCC1C(=C)C. The number of likely N-dealkylation sites (tertiary alicyclic amines) is 1. The summed E-state index contributed by atoms with van der Waals surface area (Å²) in [6, 6.07) is 0.557. The van der Waals surface area contributed by atoms with E-state index in [1.54, 1.807) is 0 Å². The van der Waals surface area contributed by atoms with E-state index in [0.29, 0.717) is 6.04 Å². The van der Waals surface area contributed by atoms with Gasteiger partial charge in [-0.05, 0) is 32.4 Å². The summed E-state index contributed by atoms with van der Waals surface area (Å²) >= 11 is 0. The van der Waals surface area contributed by atoms with Gasteiger partial charge < -0.3 is 4.90 Å². The molecule has 1 rings (SSSR count). The van der Waals surface area contributed by atoms with Gasteiger partial charge in [0.1, 0.15) is 0 Å². The Morgan fingerprint density at radius 2 is 2.27 bits per heavy atom. The number of hydrogen-bond acceptors (Lipinski definition) is 1. The molecule has 1 nitrogen and oxygen atoms in total. The number of rotatable bonds is 2. The third-order valence-electron chi connectivity index (χ3n) is 2.35. The van der Waals surface area contributed by atoms with Gasteiger partial charge >= 0.3 is 0 Å². The minimum Gasteiger partial charge on any atom is -0.371 e. The average molecular weight is 151 g/mol. The maximum atomic E-state index is 3.99. The molecule has 0 aromatic rings. The molecule has 1 fully saturated rings. The van der Waals surface area contributed by atoms with Crippen LogP contribution in [0.2, 0.25) is 0 Å². The van der Waals surface area contributed by atoms with E-state index in [1.165, 1.54) is 24.8 Å². The second-order valence-electron chi connectivity index (χ2n) is 3.28. The van der Waals surface area contributed by atoms with E-state index in [4.69, 9.17) is 0 Å². The van der Waals surface area contributed by atoms with Crippen LogP contribution in [0.15, 0.2) is 24.9 Å². The van der Waals surface area contributed by atoms with E-state index < -0.39 is 0 Å². The van der Waals surface area contributed by atoms with Gasteiger partial charge in [0.25, 0.3) is 0 Å². The third kappa shape index (κ3) is 1.86. The fraction of sp³-hybridized carbons (Fsp3) is 0.600. The molecule has 1 unspecified atom stereocenters. The highest BCUT2D eigenvalue weighted by Gasteiger charge is 2.18. The van der Waals surface area contributed by atoms with Crippen molar-refractivity contribution >= 4 is 0 Å². The van der Waals surface area contributed by atoms with E-state index in [0.717, 1.165) is 6.54 Å².